The van der Waals surface area contributed by atoms with Gasteiger partial charge in [-0.05, 0) is 87.2 Å². The zero-order valence-electron chi connectivity index (χ0n) is 31.1. The maximum Gasteiger partial charge on any atom is 0.263 e. The molecule has 0 fully saturated rings. The van der Waals surface area contributed by atoms with Crippen LogP contribution >= 0.6 is 65.9 Å². The van der Waals surface area contributed by atoms with Gasteiger partial charge >= 0.3 is 0 Å². The monoisotopic (exact) mass is 865 g/mol. The number of amides is 2. The molecule has 1 aliphatic rings. The van der Waals surface area contributed by atoms with Crippen molar-refractivity contribution < 1.29 is 9.59 Å². The molecule has 8 heteroatoms. The molecule has 2 amide bonds. The summed E-state index contributed by atoms with van der Waals surface area (Å²) in [5.74, 6) is -0.164. The van der Waals surface area contributed by atoms with Crippen molar-refractivity contribution >= 4 is 77.7 Å². The van der Waals surface area contributed by atoms with E-state index in [1.165, 1.54) is 136 Å². The Morgan fingerprint density at radius 2 is 0.800 bits per heavy atom. The standard InChI is InChI=1S/C42H61Br2NO2S3/c1-4-7-10-13-16-17-18-19-22-25-28-45-41(46)35-36(42(45)47)40(38-32(30-34(44)49-38)27-24-21-15-12-9-6-3)50-39(35)37-31(29-33(43)48-37)26-23-20-14-11-8-5-2/h29-30H,4-28H2,1-3H3. The fourth-order valence-corrected chi connectivity index (χ4v) is 12.2. The summed E-state index contributed by atoms with van der Waals surface area (Å²) < 4.78 is 2.19. The molecular formula is C42H61Br2NO2S3. The van der Waals surface area contributed by atoms with E-state index in [-0.39, 0.29) is 11.8 Å². The minimum Gasteiger partial charge on any atom is -0.274 e. The molecule has 0 saturated carbocycles. The highest BCUT2D eigenvalue weighted by molar-refractivity contribution is 9.11. The number of rotatable bonds is 27. The second-order valence-electron chi connectivity index (χ2n) is 14.3. The van der Waals surface area contributed by atoms with E-state index in [0.29, 0.717) is 17.7 Å². The number of carbonyl (C=O) groups excluding carboxylic acids is 2. The number of imide groups is 1. The molecule has 278 valence electrons. The first-order valence-corrected chi connectivity index (χ1v) is 24.0. The summed E-state index contributed by atoms with van der Waals surface area (Å²) in [6.45, 7) is 7.31. The van der Waals surface area contributed by atoms with Crippen LogP contribution in [0.4, 0.5) is 0 Å². The number of halogens is 2. The minimum absolute atomic E-state index is 0.0819. The van der Waals surface area contributed by atoms with Gasteiger partial charge in [-0.3, -0.25) is 14.5 Å². The quantitative estimate of drug-likeness (QED) is 0.0565. The van der Waals surface area contributed by atoms with Crippen LogP contribution in [-0.4, -0.2) is 23.3 Å². The average Bonchev–Trinajstić information content (AvgIpc) is 3.84. The van der Waals surface area contributed by atoms with Crippen LogP contribution in [0.3, 0.4) is 0 Å². The summed E-state index contributed by atoms with van der Waals surface area (Å²) in [5, 5.41) is 0. The Kier molecular flexibility index (Phi) is 19.4. The van der Waals surface area contributed by atoms with Crippen molar-refractivity contribution in [2.75, 3.05) is 6.54 Å². The van der Waals surface area contributed by atoms with E-state index in [9.17, 15) is 9.59 Å². The Hall–Kier alpha value is -0.800. The van der Waals surface area contributed by atoms with Crippen LogP contribution in [0.25, 0.3) is 19.5 Å². The van der Waals surface area contributed by atoms with Crippen LogP contribution in [0.1, 0.15) is 194 Å². The molecule has 3 aromatic rings. The number of aryl methyl sites for hydroxylation is 2. The number of hydrogen-bond acceptors (Lipinski definition) is 5. The number of fused-ring (bicyclic) bond motifs is 1. The Bertz CT molecular complexity index is 1380. The lowest BCUT2D eigenvalue weighted by molar-refractivity contribution is 0.0652. The Morgan fingerprint density at radius 3 is 1.18 bits per heavy atom. The van der Waals surface area contributed by atoms with Crippen molar-refractivity contribution in [2.45, 2.75) is 175 Å². The summed E-state index contributed by atoms with van der Waals surface area (Å²) >= 11 is 12.7. The fraction of sp³-hybridized carbons (Fsp3) is 0.667. The van der Waals surface area contributed by atoms with Gasteiger partial charge in [0, 0.05) is 16.3 Å². The number of unbranched alkanes of at least 4 members (excludes halogenated alkanes) is 19. The predicted octanol–water partition coefficient (Wildman–Crippen LogP) is 16.1. The normalized spacial score (nSPS) is 12.9. The molecule has 50 heavy (non-hydrogen) atoms. The summed E-state index contributed by atoms with van der Waals surface area (Å²) in [7, 11) is 0. The maximum absolute atomic E-state index is 14.3. The first-order chi connectivity index (χ1) is 24.4. The summed E-state index contributed by atoms with van der Waals surface area (Å²) in [5.41, 5.74) is 3.94. The van der Waals surface area contributed by atoms with Gasteiger partial charge in [-0.15, -0.1) is 34.0 Å². The lowest BCUT2D eigenvalue weighted by Gasteiger charge is -2.15. The zero-order valence-corrected chi connectivity index (χ0v) is 36.7. The smallest absolute Gasteiger partial charge is 0.263 e. The van der Waals surface area contributed by atoms with Crippen LogP contribution in [-0.2, 0) is 12.8 Å². The molecule has 0 N–H and O–H groups in total. The van der Waals surface area contributed by atoms with Crippen LogP contribution in [0.2, 0.25) is 0 Å². The van der Waals surface area contributed by atoms with Gasteiger partial charge in [0.25, 0.3) is 11.8 Å². The molecule has 0 bridgehead atoms. The zero-order chi connectivity index (χ0) is 35.7. The van der Waals surface area contributed by atoms with Crippen LogP contribution in [0.5, 0.6) is 0 Å². The van der Waals surface area contributed by atoms with Crippen molar-refractivity contribution in [3.63, 3.8) is 0 Å². The van der Waals surface area contributed by atoms with E-state index >= 15 is 0 Å². The molecule has 0 aliphatic carbocycles. The lowest BCUT2D eigenvalue weighted by atomic mass is 10.0. The molecule has 0 spiro atoms. The SMILES string of the molecule is CCCCCCCCCCCCN1C(=O)c2c(-c3sc(Br)cc3CCCCCCCC)sc(-c3sc(Br)cc3CCCCCCCC)c2C1=O. The summed E-state index contributed by atoms with van der Waals surface area (Å²) in [4.78, 5) is 34.5. The van der Waals surface area contributed by atoms with E-state index in [0.717, 1.165) is 55.9 Å². The van der Waals surface area contributed by atoms with Gasteiger partial charge in [-0.1, -0.05) is 143 Å². The molecule has 3 aromatic heterocycles. The molecule has 0 radical (unpaired) electrons. The van der Waals surface area contributed by atoms with Gasteiger partial charge in [0.2, 0.25) is 0 Å². The van der Waals surface area contributed by atoms with Gasteiger partial charge in [0.1, 0.15) is 0 Å². The molecule has 1 aliphatic heterocycles. The van der Waals surface area contributed by atoms with E-state index in [2.05, 4.69) is 64.8 Å². The molecule has 0 unspecified atom stereocenters. The fourth-order valence-electron chi connectivity index (χ4n) is 7.22. The highest BCUT2D eigenvalue weighted by Crippen LogP contribution is 2.52. The van der Waals surface area contributed by atoms with Gasteiger partial charge < -0.3 is 0 Å². The number of hydrogen-bond donors (Lipinski definition) is 0. The largest absolute Gasteiger partial charge is 0.274 e. The van der Waals surface area contributed by atoms with Crippen molar-refractivity contribution in [1.29, 1.82) is 0 Å². The van der Waals surface area contributed by atoms with Crippen LogP contribution in [0.15, 0.2) is 19.7 Å². The lowest BCUT2D eigenvalue weighted by Crippen LogP contribution is -2.31. The predicted molar refractivity (Wildman–Crippen MR) is 228 cm³/mol. The van der Waals surface area contributed by atoms with Gasteiger partial charge in [0.15, 0.2) is 0 Å². The van der Waals surface area contributed by atoms with E-state index in [1.807, 2.05) is 0 Å². The second kappa shape index (κ2) is 23.1. The molecule has 3 nitrogen and oxygen atoms in total. The second-order valence-corrected chi connectivity index (χ2v) is 20.2. The van der Waals surface area contributed by atoms with E-state index in [1.54, 1.807) is 38.9 Å². The van der Waals surface area contributed by atoms with Gasteiger partial charge in [-0.25, -0.2) is 0 Å². The highest BCUT2D eigenvalue weighted by Gasteiger charge is 2.43. The molecule has 0 saturated heterocycles. The third-order valence-corrected chi connectivity index (χ3v) is 15.0. The number of carbonyl (C=O) groups is 2. The first kappa shape index (κ1) is 41.9. The highest BCUT2D eigenvalue weighted by atomic mass is 79.9. The third kappa shape index (κ3) is 12.1. The van der Waals surface area contributed by atoms with E-state index in [4.69, 9.17) is 0 Å². The molecule has 0 aromatic carbocycles. The number of thiophene rings is 3. The number of nitrogens with zero attached hydrogens (tertiary/aromatic N) is 1. The Labute approximate surface area is 332 Å². The van der Waals surface area contributed by atoms with Crippen molar-refractivity contribution in [3.8, 4) is 19.5 Å². The van der Waals surface area contributed by atoms with Gasteiger partial charge in [0.05, 0.1) is 28.5 Å². The Balaban J connectivity index is 1.55. The Morgan fingerprint density at radius 1 is 0.460 bits per heavy atom. The van der Waals surface area contributed by atoms with Crippen LogP contribution < -0.4 is 0 Å². The first-order valence-electron chi connectivity index (χ1n) is 20.0. The average molecular weight is 868 g/mol. The molecule has 4 heterocycles. The maximum atomic E-state index is 14.3. The van der Waals surface area contributed by atoms with Crippen molar-refractivity contribution in [3.05, 3.63) is 42.0 Å². The van der Waals surface area contributed by atoms with Gasteiger partial charge in [-0.2, -0.15) is 0 Å². The summed E-state index contributed by atoms with van der Waals surface area (Å²) in [6.07, 6.45) is 29.4. The van der Waals surface area contributed by atoms with E-state index < -0.39 is 0 Å². The minimum atomic E-state index is -0.0819. The van der Waals surface area contributed by atoms with Crippen molar-refractivity contribution in [2.24, 2.45) is 0 Å². The third-order valence-electron chi connectivity index (χ3n) is 10.1. The van der Waals surface area contributed by atoms with Crippen molar-refractivity contribution in [1.82, 2.24) is 4.90 Å². The van der Waals surface area contributed by atoms with Crippen LogP contribution in [0, 0.1) is 0 Å². The topological polar surface area (TPSA) is 37.4 Å². The molecule has 0 atom stereocenters. The molecular weight excluding hydrogens is 806 g/mol. The molecule has 4 rings (SSSR count). The summed E-state index contributed by atoms with van der Waals surface area (Å²) in [6, 6.07) is 4.51.